The Hall–Kier alpha value is -0.540. The zero-order chi connectivity index (χ0) is 13.2. The molecule has 1 N–H and O–H groups in total. The molecular weight excluding hydrogens is 245 g/mol. The van der Waals surface area contributed by atoms with Crippen LogP contribution in [0.3, 0.4) is 0 Å². The van der Waals surface area contributed by atoms with Crippen LogP contribution in [0.5, 0.6) is 0 Å². The largest absolute Gasteiger partial charge is 0.313 e. The predicted molar refractivity (Wildman–Crippen MR) is 77.8 cm³/mol. The standard InChI is InChI=1S/C15H22FNS/c1-15(2,18-3)10-17-14-8-12(9-14)11-5-4-6-13(16)7-11/h4-7,12,14,17H,8-10H2,1-3H3. The van der Waals surface area contributed by atoms with E-state index in [-0.39, 0.29) is 5.82 Å². The van der Waals surface area contributed by atoms with E-state index in [1.807, 2.05) is 23.9 Å². The van der Waals surface area contributed by atoms with Crippen LogP contribution in [0.25, 0.3) is 0 Å². The third kappa shape index (κ3) is 3.48. The quantitative estimate of drug-likeness (QED) is 0.871. The van der Waals surface area contributed by atoms with Crippen molar-refractivity contribution in [1.82, 2.24) is 5.32 Å². The highest BCUT2D eigenvalue weighted by Gasteiger charge is 2.31. The second-order valence-corrected chi connectivity index (χ2v) is 7.28. The number of nitrogens with one attached hydrogen (secondary N) is 1. The maximum Gasteiger partial charge on any atom is 0.123 e. The molecule has 0 atom stereocenters. The predicted octanol–water partition coefficient (Wildman–Crippen LogP) is 3.80. The lowest BCUT2D eigenvalue weighted by molar-refractivity contribution is 0.285. The summed E-state index contributed by atoms with van der Waals surface area (Å²) in [4.78, 5) is 0. The summed E-state index contributed by atoms with van der Waals surface area (Å²) in [6.07, 6.45) is 4.42. The summed E-state index contributed by atoms with van der Waals surface area (Å²) < 4.78 is 13.4. The van der Waals surface area contributed by atoms with E-state index < -0.39 is 0 Å². The van der Waals surface area contributed by atoms with Gasteiger partial charge < -0.3 is 5.32 Å². The molecule has 3 heteroatoms. The molecule has 0 radical (unpaired) electrons. The van der Waals surface area contributed by atoms with E-state index in [9.17, 15) is 4.39 Å². The third-order valence-corrected chi connectivity index (χ3v) is 5.08. The molecule has 0 amide bonds. The topological polar surface area (TPSA) is 12.0 Å². The van der Waals surface area contributed by atoms with Gasteiger partial charge in [-0.1, -0.05) is 12.1 Å². The van der Waals surface area contributed by atoms with Crippen molar-refractivity contribution in [2.75, 3.05) is 12.8 Å². The lowest BCUT2D eigenvalue weighted by Gasteiger charge is -2.38. The van der Waals surface area contributed by atoms with Crippen molar-refractivity contribution in [2.45, 2.75) is 43.4 Å². The fraction of sp³-hybridized carbons (Fsp3) is 0.600. The molecule has 100 valence electrons. The van der Waals surface area contributed by atoms with Crippen molar-refractivity contribution in [1.29, 1.82) is 0 Å². The minimum absolute atomic E-state index is 0.118. The molecule has 1 fully saturated rings. The van der Waals surface area contributed by atoms with Crippen LogP contribution < -0.4 is 5.32 Å². The lowest BCUT2D eigenvalue weighted by Crippen LogP contribution is -2.45. The zero-order valence-corrected chi connectivity index (χ0v) is 12.2. The molecule has 0 spiro atoms. The van der Waals surface area contributed by atoms with E-state index in [0.29, 0.717) is 16.7 Å². The molecule has 1 aliphatic carbocycles. The summed E-state index contributed by atoms with van der Waals surface area (Å²) in [5.74, 6) is 0.419. The second kappa shape index (κ2) is 5.62. The summed E-state index contributed by atoms with van der Waals surface area (Å²) in [6.45, 7) is 5.55. The van der Waals surface area contributed by atoms with E-state index in [4.69, 9.17) is 0 Å². The Morgan fingerprint density at radius 1 is 1.39 bits per heavy atom. The van der Waals surface area contributed by atoms with Crippen molar-refractivity contribution in [3.63, 3.8) is 0 Å². The van der Waals surface area contributed by atoms with Crippen LogP contribution in [0.4, 0.5) is 4.39 Å². The highest BCUT2D eigenvalue weighted by atomic mass is 32.2. The molecule has 0 aromatic heterocycles. The Morgan fingerprint density at radius 3 is 2.72 bits per heavy atom. The molecule has 1 aliphatic rings. The van der Waals surface area contributed by atoms with Gasteiger partial charge >= 0.3 is 0 Å². The highest BCUT2D eigenvalue weighted by Crippen LogP contribution is 2.37. The Balaban J connectivity index is 1.77. The van der Waals surface area contributed by atoms with Gasteiger partial charge in [-0.05, 0) is 56.6 Å². The van der Waals surface area contributed by atoms with E-state index in [0.717, 1.165) is 24.9 Å². The molecule has 0 heterocycles. The molecule has 18 heavy (non-hydrogen) atoms. The van der Waals surface area contributed by atoms with Gasteiger partial charge in [0.25, 0.3) is 0 Å². The zero-order valence-electron chi connectivity index (χ0n) is 11.4. The van der Waals surface area contributed by atoms with Gasteiger partial charge in [-0.15, -0.1) is 0 Å². The monoisotopic (exact) mass is 267 g/mol. The SMILES string of the molecule is CSC(C)(C)CNC1CC(c2cccc(F)c2)C1. The normalized spacial score (nSPS) is 23.8. The van der Waals surface area contributed by atoms with Crippen LogP contribution >= 0.6 is 11.8 Å². The van der Waals surface area contributed by atoms with E-state index in [1.54, 1.807) is 6.07 Å². The van der Waals surface area contributed by atoms with Crippen LogP contribution in [-0.4, -0.2) is 23.6 Å². The minimum Gasteiger partial charge on any atom is -0.313 e. The minimum atomic E-state index is -0.118. The van der Waals surface area contributed by atoms with Crippen LogP contribution in [0, 0.1) is 5.82 Å². The number of thioether (sulfide) groups is 1. The molecule has 1 aromatic rings. The summed E-state index contributed by atoms with van der Waals surface area (Å²) in [7, 11) is 0. The van der Waals surface area contributed by atoms with Gasteiger partial charge in [-0.2, -0.15) is 11.8 Å². The number of hydrogen-bond donors (Lipinski definition) is 1. The van der Waals surface area contributed by atoms with Gasteiger partial charge in [0.1, 0.15) is 5.82 Å². The summed E-state index contributed by atoms with van der Waals surface area (Å²) in [5.41, 5.74) is 1.15. The molecule has 0 unspecified atom stereocenters. The van der Waals surface area contributed by atoms with E-state index >= 15 is 0 Å². The number of benzene rings is 1. The Kier molecular flexibility index (Phi) is 4.33. The maximum atomic E-state index is 13.1. The van der Waals surface area contributed by atoms with Crippen LogP contribution in [0.1, 0.15) is 38.2 Å². The highest BCUT2D eigenvalue weighted by molar-refractivity contribution is 7.99. The number of halogens is 1. The van der Waals surface area contributed by atoms with Crippen molar-refractivity contribution in [2.24, 2.45) is 0 Å². The summed E-state index contributed by atoms with van der Waals surface area (Å²) >= 11 is 1.89. The van der Waals surface area contributed by atoms with Gasteiger partial charge in [-0.25, -0.2) is 4.39 Å². The van der Waals surface area contributed by atoms with E-state index in [2.05, 4.69) is 25.4 Å². The first kappa shape index (κ1) is 13.9. The molecule has 0 aliphatic heterocycles. The average Bonchev–Trinajstić information content (AvgIpc) is 2.27. The van der Waals surface area contributed by atoms with Crippen LogP contribution in [0.2, 0.25) is 0 Å². The molecule has 1 saturated carbocycles. The summed E-state index contributed by atoms with van der Waals surface area (Å²) in [5, 5.41) is 3.61. The van der Waals surface area contributed by atoms with Gasteiger partial charge in [0, 0.05) is 17.3 Å². The Morgan fingerprint density at radius 2 is 2.11 bits per heavy atom. The van der Waals surface area contributed by atoms with Crippen molar-refractivity contribution in [3.8, 4) is 0 Å². The smallest absolute Gasteiger partial charge is 0.123 e. The van der Waals surface area contributed by atoms with Crippen molar-refractivity contribution in [3.05, 3.63) is 35.6 Å². The van der Waals surface area contributed by atoms with Gasteiger partial charge in [0.05, 0.1) is 0 Å². The van der Waals surface area contributed by atoms with Gasteiger partial charge in [-0.3, -0.25) is 0 Å². The van der Waals surface area contributed by atoms with E-state index in [1.165, 1.54) is 6.07 Å². The first-order valence-electron chi connectivity index (χ1n) is 6.54. The Bertz CT molecular complexity index is 399. The number of hydrogen-bond acceptors (Lipinski definition) is 2. The first-order valence-corrected chi connectivity index (χ1v) is 7.76. The first-order chi connectivity index (χ1) is 8.50. The van der Waals surface area contributed by atoms with Gasteiger partial charge in [0.2, 0.25) is 0 Å². The van der Waals surface area contributed by atoms with Crippen molar-refractivity contribution >= 4 is 11.8 Å². The maximum absolute atomic E-state index is 13.1. The van der Waals surface area contributed by atoms with Crippen molar-refractivity contribution < 1.29 is 4.39 Å². The molecule has 1 aromatic carbocycles. The molecule has 0 bridgehead atoms. The average molecular weight is 267 g/mol. The fourth-order valence-corrected chi connectivity index (χ4v) is 2.51. The molecule has 1 nitrogen and oxygen atoms in total. The Labute approximate surface area is 114 Å². The molecular formula is C15H22FNS. The summed E-state index contributed by atoms with van der Waals surface area (Å²) in [6, 6.07) is 7.63. The molecule has 2 rings (SSSR count). The lowest BCUT2D eigenvalue weighted by atomic mass is 9.76. The van der Waals surface area contributed by atoms with Crippen LogP contribution in [0.15, 0.2) is 24.3 Å². The van der Waals surface area contributed by atoms with Gasteiger partial charge in [0.15, 0.2) is 0 Å². The second-order valence-electron chi connectivity index (χ2n) is 5.76. The van der Waals surface area contributed by atoms with Crippen LogP contribution in [-0.2, 0) is 0 Å². The third-order valence-electron chi connectivity index (χ3n) is 3.83. The molecule has 0 saturated heterocycles. The number of rotatable bonds is 5. The fourth-order valence-electron chi connectivity index (χ4n) is 2.28.